The number of hydrogen-bond donors (Lipinski definition) is 2. The summed E-state index contributed by atoms with van der Waals surface area (Å²) in [6.07, 6.45) is 2.31. The smallest absolute Gasteiger partial charge is 0.340 e. The molecule has 1 saturated heterocycles. The standard InChI is InChI=1S/C14H20N2O2S/c1-9-7-11(16-10-3-5-19-6-4-10)8-12(13(9)15)14(17)18-2/h7-8,10,16H,3-6,15H2,1-2H3. The van der Waals surface area contributed by atoms with Crippen molar-refractivity contribution in [2.24, 2.45) is 0 Å². The van der Waals surface area contributed by atoms with E-state index in [4.69, 9.17) is 10.5 Å². The van der Waals surface area contributed by atoms with Crippen molar-refractivity contribution in [1.29, 1.82) is 0 Å². The van der Waals surface area contributed by atoms with Gasteiger partial charge in [0.1, 0.15) is 0 Å². The van der Waals surface area contributed by atoms with Gasteiger partial charge in [0, 0.05) is 17.4 Å². The molecule has 0 aromatic heterocycles. The van der Waals surface area contributed by atoms with Gasteiger partial charge in [0.2, 0.25) is 0 Å². The molecular weight excluding hydrogens is 260 g/mol. The molecule has 4 nitrogen and oxygen atoms in total. The number of carbonyl (C=O) groups is 1. The number of nitrogens with two attached hydrogens (primary N) is 1. The molecule has 0 spiro atoms. The van der Waals surface area contributed by atoms with E-state index in [0.29, 0.717) is 17.3 Å². The van der Waals surface area contributed by atoms with Crippen molar-refractivity contribution in [2.75, 3.05) is 29.7 Å². The fourth-order valence-electron chi connectivity index (χ4n) is 2.24. The van der Waals surface area contributed by atoms with Crippen molar-refractivity contribution in [3.8, 4) is 0 Å². The molecule has 0 amide bonds. The summed E-state index contributed by atoms with van der Waals surface area (Å²) >= 11 is 1.99. The largest absolute Gasteiger partial charge is 0.465 e. The fourth-order valence-corrected chi connectivity index (χ4v) is 3.34. The Bertz CT molecular complexity index is 471. The van der Waals surface area contributed by atoms with Crippen LogP contribution in [0.25, 0.3) is 0 Å². The summed E-state index contributed by atoms with van der Waals surface area (Å²) in [4.78, 5) is 11.7. The number of ether oxygens (including phenoxy) is 1. The molecule has 2 rings (SSSR count). The molecule has 1 aliphatic heterocycles. The molecule has 0 radical (unpaired) electrons. The third-order valence-electron chi connectivity index (χ3n) is 3.38. The molecule has 0 bridgehead atoms. The average molecular weight is 280 g/mol. The lowest BCUT2D eigenvalue weighted by atomic mass is 10.1. The summed E-state index contributed by atoms with van der Waals surface area (Å²) in [5.74, 6) is 1.99. The van der Waals surface area contributed by atoms with Gasteiger partial charge in [0.05, 0.1) is 12.7 Å². The summed E-state index contributed by atoms with van der Waals surface area (Å²) in [7, 11) is 1.37. The zero-order valence-corrected chi connectivity index (χ0v) is 12.2. The normalized spacial score (nSPS) is 16.1. The Morgan fingerprint density at radius 3 is 2.74 bits per heavy atom. The van der Waals surface area contributed by atoms with Gasteiger partial charge in [0.15, 0.2) is 0 Å². The highest BCUT2D eigenvalue weighted by Gasteiger charge is 2.17. The molecule has 19 heavy (non-hydrogen) atoms. The van der Waals surface area contributed by atoms with Crippen molar-refractivity contribution < 1.29 is 9.53 Å². The number of benzene rings is 1. The first-order valence-electron chi connectivity index (χ1n) is 6.44. The monoisotopic (exact) mass is 280 g/mol. The van der Waals surface area contributed by atoms with Crippen LogP contribution in [0, 0.1) is 6.92 Å². The minimum atomic E-state index is -0.386. The molecule has 1 fully saturated rings. The predicted molar refractivity (Wildman–Crippen MR) is 80.9 cm³/mol. The zero-order valence-electron chi connectivity index (χ0n) is 11.4. The molecule has 5 heteroatoms. The van der Waals surface area contributed by atoms with Crippen LogP contribution in [-0.4, -0.2) is 30.6 Å². The number of aryl methyl sites for hydroxylation is 1. The third-order valence-corrected chi connectivity index (χ3v) is 4.43. The molecule has 0 saturated carbocycles. The Kier molecular flexibility index (Phi) is 4.58. The maximum atomic E-state index is 11.7. The SMILES string of the molecule is COC(=O)c1cc(NC2CCSCC2)cc(C)c1N. The van der Waals surface area contributed by atoms with E-state index in [0.717, 1.165) is 24.1 Å². The van der Waals surface area contributed by atoms with Crippen LogP contribution in [0.5, 0.6) is 0 Å². The van der Waals surface area contributed by atoms with Crippen LogP contribution in [0.4, 0.5) is 11.4 Å². The van der Waals surface area contributed by atoms with Gasteiger partial charge in [-0.25, -0.2) is 4.79 Å². The maximum Gasteiger partial charge on any atom is 0.340 e. The predicted octanol–water partition coefficient (Wildman–Crippen LogP) is 2.67. The lowest BCUT2D eigenvalue weighted by molar-refractivity contribution is 0.0602. The summed E-state index contributed by atoms with van der Waals surface area (Å²) in [5.41, 5.74) is 8.71. The van der Waals surface area contributed by atoms with Crippen LogP contribution in [-0.2, 0) is 4.74 Å². The van der Waals surface area contributed by atoms with Gasteiger partial charge in [0.25, 0.3) is 0 Å². The topological polar surface area (TPSA) is 64.3 Å². The van der Waals surface area contributed by atoms with E-state index >= 15 is 0 Å². The van der Waals surface area contributed by atoms with Crippen LogP contribution < -0.4 is 11.1 Å². The maximum absolute atomic E-state index is 11.7. The molecule has 0 unspecified atom stereocenters. The van der Waals surface area contributed by atoms with Crippen molar-refractivity contribution in [3.05, 3.63) is 23.3 Å². The molecular formula is C14H20N2O2S. The minimum absolute atomic E-state index is 0.386. The average Bonchev–Trinajstić information content (AvgIpc) is 2.43. The second-order valence-electron chi connectivity index (χ2n) is 4.78. The first-order valence-corrected chi connectivity index (χ1v) is 7.60. The minimum Gasteiger partial charge on any atom is -0.465 e. The van der Waals surface area contributed by atoms with Gasteiger partial charge >= 0.3 is 5.97 Å². The van der Waals surface area contributed by atoms with E-state index in [1.54, 1.807) is 6.07 Å². The molecule has 3 N–H and O–H groups in total. The van der Waals surface area contributed by atoms with Gasteiger partial charge in [-0.1, -0.05) is 0 Å². The molecule has 0 atom stereocenters. The number of thioether (sulfide) groups is 1. The summed E-state index contributed by atoms with van der Waals surface area (Å²) < 4.78 is 4.77. The highest BCUT2D eigenvalue weighted by molar-refractivity contribution is 7.99. The van der Waals surface area contributed by atoms with E-state index in [-0.39, 0.29) is 5.97 Å². The number of nitrogens with one attached hydrogen (secondary N) is 1. The van der Waals surface area contributed by atoms with Crippen molar-refractivity contribution in [1.82, 2.24) is 0 Å². The summed E-state index contributed by atoms with van der Waals surface area (Å²) in [5, 5.41) is 3.49. The van der Waals surface area contributed by atoms with E-state index < -0.39 is 0 Å². The highest BCUT2D eigenvalue weighted by atomic mass is 32.2. The first-order chi connectivity index (χ1) is 9.11. The Balaban J connectivity index is 2.20. The molecule has 104 valence electrons. The van der Waals surface area contributed by atoms with Gasteiger partial charge in [-0.15, -0.1) is 0 Å². The number of rotatable bonds is 3. The van der Waals surface area contributed by atoms with E-state index in [1.165, 1.54) is 18.6 Å². The zero-order chi connectivity index (χ0) is 13.8. The van der Waals surface area contributed by atoms with Crippen molar-refractivity contribution >= 4 is 29.1 Å². The van der Waals surface area contributed by atoms with E-state index in [1.807, 2.05) is 24.8 Å². The van der Waals surface area contributed by atoms with Gasteiger partial charge in [-0.05, 0) is 49.0 Å². The number of hydrogen-bond acceptors (Lipinski definition) is 5. The lowest BCUT2D eigenvalue weighted by Crippen LogP contribution is -2.24. The number of anilines is 2. The summed E-state index contributed by atoms with van der Waals surface area (Å²) in [6.45, 7) is 1.91. The highest BCUT2D eigenvalue weighted by Crippen LogP contribution is 2.26. The fraction of sp³-hybridized carbons (Fsp3) is 0.500. The van der Waals surface area contributed by atoms with E-state index in [2.05, 4.69) is 5.32 Å². The third kappa shape index (κ3) is 3.35. The number of nitrogen functional groups attached to an aromatic ring is 1. The Hall–Kier alpha value is -1.36. The number of esters is 1. The second-order valence-corrected chi connectivity index (χ2v) is 6.00. The van der Waals surface area contributed by atoms with Crippen LogP contribution in [0.1, 0.15) is 28.8 Å². The van der Waals surface area contributed by atoms with Crippen molar-refractivity contribution in [2.45, 2.75) is 25.8 Å². The van der Waals surface area contributed by atoms with Gasteiger partial charge in [-0.2, -0.15) is 11.8 Å². The molecule has 1 aromatic rings. The molecule has 1 aliphatic rings. The van der Waals surface area contributed by atoms with Crippen LogP contribution in [0.3, 0.4) is 0 Å². The molecule has 0 aliphatic carbocycles. The Morgan fingerprint density at radius 1 is 1.42 bits per heavy atom. The van der Waals surface area contributed by atoms with Gasteiger partial charge < -0.3 is 15.8 Å². The summed E-state index contributed by atoms with van der Waals surface area (Å²) in [6, 6.07) is 4.26. The second kappa shape index (κ2) is 6.19. The van der Waals surface area contributed by atoms with Gasteiger partial charge in [-0.3, -0.25) is 0 Å². The van der Waals surface area contributed by atoms with E-state index in [9.17, 15) is 4.79 Å². The van der Waals surface area contributed by atoms with Crippen LogP contribution >= 0.6 is 11.8 Å². The first kappa shape index (κ1) is 14.1. The quantitative estimate of drug-likeness (QED) is 0.658. The molecule has 1 heterocycles. The molecule has 1 aromatic carbocycles. The Labute approximate surface area is 118 Å². The number of carbonyl (C=O) groups excluding carboxylic acids is 1. The van der Waals surface area contributed by atoms with Crippen LogP contribution in [0.15, 0.2) is 12.1 Å². The number of methoxy groups -OCH3 is 1. The Morgan fingerprint density at radius 2 is 2.11 bits per heavy atom. The lowest BCUT2D eigenvalue weighted by Gasteiger charge is -2.24. The van der Waals surface area contributed by atoms with Crippen molar-refractivity contribution in [3.63, 3.8) is 0 Å². The van der Waals surface area contributed by atoms with Crippen LogP contribution in [0.2, 0.25) is 0 Å².